The third-order valence-electron chi connectivity index (χ3n) is 4.76. The molecule has 1 fully saturated rings. The first-order valence-corrected chi connectivity index (χ1v) is 11.0. The van der Waals surface area contributed by atoms with Crippen LogP contribution in [0.5, 0.6) is 0 Å². The smallest absolute Gasteiger partial charge is 0.310 e. The Morgan fingerprint density at radius 2 is 1.72 bits per heavy atom. The van der Waals surface area contributed by atoms with Crippen molar-refractivity contribution in [1.29, 1.82) is 0 Å². The van der Waals surface area contributed by atoms with Gasteiger partial charge in [0.05, 0.1) is 24.0 Å². The molecule has 2 aromatic rings. The van der Waals surface area contributed by atoms with Crippen LogP contribution in [0.15, 0.2) is 71.0 Å². The molecule has 154 valence electrons. The van der Waals surface area contributed by atoms with E-state index in [0.29, 0.717) is 38.0 Å². The predicted molar refractivity (Wildman–Crippen MR) is 108 cm³/mol. The Bertz CT molecular complexity index is 946. The molecule has 0 radical (unpaired) electrons. The molecule has 0 aliphatic carbocycles. The van der Waals surface area contributed by atoms with Crippen molar-refractivity contribution in [2.24, 2.45) is 0 Å². The number of aliphatic carboxylic acids is 1. The van der Waals surface area contributed by atoms with Gasteiger partial charge >= 0.3 is 5.97 Å². The fraction of sp³-hybridized carbons (Fsp3) is 0.318. The maximum atomic E-state index is 12.2. The van der Waals surface area contributed by atoms with Crippen molar-refractivity contribution in [3.05, 3.63) is 77.2 Å². The normalized spacial score (nSPS) is 16.3. The van der Waals surface area contributed by atoms with Gasteiger partial charge in [-0.1, -0.05) is 48.5 Å². The summed E-state index contributed by atoms with van der Waals surface area (Å²) in [7, 11) is -3.48. The van der Waals surface area contributed by atoms with Gasteiger partial charge in [0, 0.05) is 11.0 Å². The van der Waals surface area contributed by atoms with Gasteiger partial charge < -0.3 is 14.6 Å². The van der Waals surface area contributed by atoms with Crippen LogP contribution in [0, 0.1) is 0 Å². The summed E-state index contributed by atoms with van der Waals surface area (Å²) in [5.41, 5.74) is 1.41. The summed E-state index contributed by atoms with van der Waals surface area (Å²) in [6, 6.07) is 15.4. The van der Waals surface area contributed by atoms with E-state index in [1.165, 1.54) is 5.41 Å². The first kappa shape index (κ1) is 21.2. The van der Waals surface area contributed by atoms with Crippen LogP contribution in [0.3, 0.4) is 0 Å². The number of benzene rings is 2. The van der Waals surface area contributed by atoms with E-state index >= 15 is 0 Å². The number of carboxylic acids is 1. The molecule has 1 unspecified atom stereocenters. The Balaban J connectivity index is 1.63. The highest BCUT2D eigenvalue weighted by atomic mass is 32.2. The summed E-state index contributed by atoms with van der Waals surface area (Å²) in [6.07, 6.45) is 2.43. The molecular weight excluding hydrogens is 392 g/mol. The van der Waals surface area contributed by atoms with Crippen LogP contribution in [0.4, 0.5) is 0 Å². The molecule has 7 heteroatoms. The van der Waals surface area contributed by atoms with E-state index in [-0.39, 0.29) is 4.90 Å². The van der Waals surface area contributed by atoms with Crippen molar-refractivity contribution in [2.75, 3.05) is 13.2 Å². The molecule has 29 heavy (non-hydrogen) atoms. The standard InChI is InChI=1S/C22H24O6S/c23-21(24)19(18-11-6-7-13-20(18)22-27-14-15-28-22)12-5-2-8-16-29(25,26)17-9-3-1-4-10-17/h1,3-4,6-11,13,16,19,22H,2,5,12,14-15H2,(H,23,24)/b16-8+. The molecule has 0 saturated carbocycles. The van der Waals surface area contributed by atoms with Crippen LogP contribution in [0.25, 0.3) is 0 Å². The largest absolute Gasteiger partial charge is 0.481 e. The molecular formula is C22H24O6S. The van der Waals surface area contributed by atoms with E-state index in [4.69, 9.17) is 9.47 Å². The molecule has 0 bridgehead atoms. The highest BCUT2D eigenvalue weighted by Gasteiger charge is 2.27. The summed E-state index contributed by atoms with van der Waals surface area (Å²) in [4.78, 5) is 12.1. The lowest BCUT2D eigenvalue weighted by Crippen LogP contribution is -2.15. The molecule has 3 rings (SSSR count). The molecule has 1 saturated heterocycles. The minimum absolute atomic E-state index is 0.241. The molecule has 0 aromatic heterocycles. The van der Waals surface area contributed by atoms with Crippen LogP contribution >= 0.6 is 0 Å². The molecule has 6 nitrogen and oxygen atoms in total. The van der Waals surface area contributed by atoms with Crippen LogP contribution in [0.2, 0.25) is 0 Å². The Kier molecular flexibility index (Phi) is 7.19. The molecule has 1 aliphatic rings. The zero-order valence-corrected chi connectivity index (χ0v) is 16.8. The Labute approximate surface area is 170 Å². The number of ether oxygens (including phenoxy) is 2. The van der Waals surface area contributed by atoms with Gasteiger partial charge in [-0.05, 0) is 37.0 Å². The Hall–Kier alpha value is -2.48. The van der Waals surface area contributed by atoms with E-state index in [2.05, 4.69) is 0 Å². The van der Waals surface area contributed by atoms with Gasteiger partial charge in [0.2, 0.25) is 0 Å². The minimum Gasteiger partial charge on any atom is -0.481 e. The molecule has 2 aromatic carbocycles. The van der Waals surface area contributed by atoms with Crippen molar-refractivity contribution in [3.63, 3.8) is 0 Å². The molecule has 1 aliphatic heterocycles. The fourth-order valence-corrected chi connectivity index (χ4v) is 4.40. The van der Waals surface area contributed by atoms with Gasteiger partial charge in [-0.2, -0.15) is 0 Å². The van der Waals surface area contributed by atoms with Crippen LogP contribution < -0.4 is 0 Å². The summed E-state index contributed by atoms with van der Waals surface area (Å²) < 4.78 is 35.6. The zero-order valence-electron chi connectivity index (χ0n) is 15.9. The van der Waals surface area contributed by atoms with Gasteiger partial charge in [-0.3, -0.25) is 4.79 Å². The van der Waals surface area contributed by atoms with Crippen LogP contribution in [-0.4, -0.2) is 32.7 Å². The van der Waals surface area contributed by atoms with Crippen molar-refractivity contribution in [2.45, 2.75) is 36.4 Å². The van der Waals surface area contributed by atoms with Crippen molar-refractivity contribution in [3.8, 4) is 0 Å². The van der Waals surface area contributed by atoms with Crippen molar-refractivity contribution >= 4 is 15.8 Å². The lowest BCUT2D eigenvalue weighted by molar-refractivity contribution is -0.139. The van der Waals surface area contributed by atoms with Crippen molar-refractivity contribution < 1.29 is 27.8 Å². The minimum atomic E-state index is -3.48. The van der Waals surface area contributed by atoms with Crippen LogP contribution in [-0.2, 0) is 24.1 Å². The lowest BCUT2D eigenvalue weighted by atomic mass is 9.89. The Morgan fingerprint density at radius 3 is 2.41 bits per heavy atom. The van der Waals surface area contributed by atoms with Crippen LogP contribution in [0.1, 0.15) is 42.6 Å². The first-order valence-electron chi connectivity index (χ1n) is 9.50. The average molecular weight is 416 g/mol. The van der Waals surface area contributed by atoms with E-state index < -0.39 is 28.0 Å². The van der Waals surface area contributed by atoms with Gasteiger partial charge in [0.15, 0.2) is 16.1 Å². The summed E-state index contributed by atoms with van der Waals surface area (Å²) in [5.74, 6) is -1.63. The number of rotatable bonds is 9. The van der Waals surface area contributed by atoms with Gasteiger partial charge in [0.25, 0.3) is 0 Å². The maximum Gasteiger partial charge on any atom is 0.310 e. The number of carbonyl (C=O) groups is 1. The number of carboxylic acid groups (broad SMARTS) is 1. The monoisotopic (exact) mass is 416 g/mol. The number of unbranched alkanes of at least 4 members (excludes halogenated alkanes) is 1. The third-order valence-corrected chi connectivity index (χ3v) is 6.24. The topological polar surface area (TPSA) is 89.9 Å². The molecule has 1 N–H and O–H groups in total. The number of hydrogen-bond donors (Lipinski definition) is 1. The lowest BCUT2D eigenvalue weighted by Gasteiger charge is -2.19. The van der Waals surface area contributed by atoms with Gasteiger partial charge in [-0.15, -0.1) is 0 Å². The average Bonchev–Trinajstić information content (AvgIpc) is 3.26. The SMILES string of the molecule is O=C(O)C(CCC/C=C/S(=O)(=O)c1ccccc1)c1ccccc1C1OCCO1. The number of sulfone groups is 1. The van der Waals surface area contributed by atoms with E-state index in [1.807, 2.05) is 12.1 Å². The fourth-order valence-electron chi connectivity index (χ4n) is 3.32. The molecule has 1 heterocycles. The number of hydrogen-bond acceptors (Lipinski definition) is 5. The molecule has 1 atom stereocenters. The molecule has 0 spiro atoms. The second-order valence-electron chi connectivity index (χ2n) is 6.75. The summed E-state index contributed by atoms with van der Waals surface area (Å²) in [5, 5.41) is 10.9. The first-order chi connectivity index (χ1) is 14.0. The van der Waals surface area contributed by atoms with Gasteiger partial charge in [0.1, 0.15) is 0 Å². The van der Waals surface area contributed by atoms with E-state index in [0.717, 1.165) is 5.56 Å². The third kappa shape index (κ3) is 5.53. The predicted octanol–water partition coefficient (Wildman–Crippen LogP) is 4.06. The second-order valence-corrected chi connectivity index (χ2v) is 8.59. The zero-order chi connectivity index (χ0) is 20.7. The maximum absolute atomic E-state index is 12.2. The van der Waals surface area contributed by atoms with E-state index in [1.54, 1.807) is 48.5 Å². The van der Waals surface area contributed by atoms with E-state index in [9.17, 15) is 18.3 Å². The molecule has 0 amide bonds. The van der Waals surface area contributed by atoms with Crippen molar-refractivity contribution in [1.82, 2.24) is 0 Å². The quantitative estimate of drug-likeness (QED) is 0.620. The Morgan fingerprint density at radius 1 is 1.07 bits per heavy atom. The summed E-state index contributed by atoms with van der Waals surface area (Å²) in [6.45, 7) is 0.967. The summed E-state index contributed by atoms with van der Waals surface area (Å²) >= 11 is 0. The second kappa shape index (κ2) is 9.82. The van der Waals surface area contributed by atoms with Gasteiger partial charge in [-0.25, -0.2) is 8.42 Å². The highest BCUT2D eigenvalue weighted by molar-refractivity contribution is 7.94. The number of allylic oxidation sites excluding steroid dienone is 1. The highest BCUT2D eigenvalue weighted by Crippen LogP contribution is 2.33.